The van der Waals surface area contributed by atoms with Gasteiger partial charge in [-0.2, -0.15) is 8.42 Å². The topological polar surface area (TPSA) is 147 Å². The number of rotatable bonds is 8. The lowest BCUT2D eigenvalue weighted by Gasteiger charge is -2.16. The number of carboxylic acid groups (broad SMARTS) is 1. The van der Waals surface area contributed by atoms with Crippen molar-refractivity contribution in [3.8, 4) is 5.75 Å². The van der Waals surface area contributed by atoms with Gasteiger partial charge in [-0.25, -0.2) is 4.79 Å². The molecule has 3 N–H and O–H groups in total. The van der Waals surface area contributed by atoms with Gasteiger partial charge < -0.3 is 15.2 Å². The molecule has 0 radical (unpaired) electrons. The molecule has 0 spiro atoms. The van der Waals surface area contributed by atoms with Crippen molar-refractivity contribution in [1.82, 2.24) is 5.32 Å². The molecule has 9 nitrogen and oxygen atoms in total. The molecule has 0 aliphatic carbocycles. The Morgan fingerprint density at radius 3 is 2.17 bits per heavy atom. The first kappa shape index (κ1) is 19.6. The summed E-state index contributed by atoms with van der Waals surface area (Å²) in [4.78, 5) is 35.1. The maximum absolute atomic E-state index is 12.2. The molecule has 132 valence electrons. The maximum atomic E-state index is 12.2. The SMILES string of the molecule is COc1ccc(C(=O)C(C)C(=O)NC(CS(=O)(=O)O)C(=O)O)cc1. The number of Topliss-reactive ketones (excluding diaryl/α,β-unsaturated/α-hetero) is 1. The number of hydrogen-bond donors (Lipinski definition) is 3. The average molecular weight is 359 g/mol. The number of carboxylic acids is 1. The Bertz CT molecular complexity index is 726. The molecule has 0 bridgehead atoms. The van der Waals surface area contributed by atoms with Gasteiger partial charge in [0.15, 0.2) is 5.78 Å². The summed E-state index contributed by atoms with van der Waals surface area (Å²) in [5.74, 6) is -5.12. The fourth-order valence-electron chi connectivity index (χ4n) is 1.81. The predicted molar refractivity (Wildman–Crippen MR) is 82.5 cm³/mol. The zero-order chi connectivity index (χ0) is 18.5. The molecule has 10 heteroatoms. The van der Waals surface area contributed by atoms with Crippen molar-refractivity contribution < 1.29 is 37.2 Å². The molecule has 1 aromatic carbocycles. The first-order chi connectivity index (χ1) is 11.0. The Hall–Kier alpha value is -2.46. The van der Waals surface area contributed by atoms with Crippen LogP contribution in [0.25, 0.3) is 0 Å². The van der Waals surface area contributed by atoms with Crippen LogP contribution in [0.4, 0.5) is 0 Å². The fraction of sp³-hybridized carbons (Fsp3) is 0.357. The average Bonchev–Trinajstić information content (AvgIpc) is 2.51. The Kier molecular flexibility index (Phi) is 6.43. The van der Waals surface area contributed by atoms with Gasteiger partial charge in [-0.05, 0) is 31.2 Å². The lowest BCUT2D eigenvalue weighted by atomic mass is 9.98. The van der Waals surface area contributed by atoms with E-state index in [-0.39, 0.29) is 5.56 Å². The van der Waals surface area contributed by atoms with Gasteiger partial charge in [0.2, 0.25) is 5.91 Å². The number of nitrogens with one attached hydrogen (secondary N) is 1. The van der Waals surface area contributed by atoms with Crippen molar-refractivity contribution in [3.63, 3.8) is 0 Å². The van der Waals surface area contributed by atoms with Crippen LogP contribution in [0.1, 0.15) is 17.3 Å². The van der Waals surface area contributed by atoms with Gasteiger partial charge in [0.1, 0.15) is 17.5 Å². The number of hydrogen-bond acceptors (Lipinski definition) is 6. The van der Waals surface area contributed by atoms with E-state index in [0.29, 0.717) is 5.75 Å². The normalized spacial score (nSPS) is 13.6. The van der Waals surface area contributed by atoms with E-state index in [1.54, 1.807) is 0 Å². The highest BCUT2D eigenvalue weighted by Gasteiger charge is 2.30. The smallest absolute Gasteiger partial charge is 0.327 e. The summed E-state index contributed by atoms with van der Waals surface area (Å²) in [7, 11) is -3.16. The molecular formula is C14H17NO8S. The highest BCUT2D eigenvalue weighted by atomic mass is 32.2. The summed E-state index contributed by atoms with van der Waals surface area (Å²) >= 11 is 0. The Labute approximate surface area is 138 Å². The molecule has 0 aliphatic rings. The number of carbonyl (C=O) groups is 3. The molecule has 1 amide bonds. The van der Waals surface area contributed by atoms with E-state index in [9.17, 15) is 22.8 Å². The number of aliphatic carboxylic acids is 1. The lowest BCUT2D eigenvalue weighted by Crippen LogP contribution is -2.48. The summed E-state index contributed by atoms with van der Waals surface area (Å²) < 4.78 is 35.2. The summed E-state index contributed by atoms with van der Waals surface area (Å²) in [6.45, 7) is 1.26. The van der Waals surface area contributed by atoms with Crippen LogP contribution in [0, 0.1) is 5.92 Å². The Balaban J connectivity index is 2.84. The minimum absolute atomic E-state index is 0.208. The van der Waals surface area contributed by atoms with Crippen molar-refractivity contribution in [1.29, 1.82) is 0 Å². The van der Waals surface area contributed by atoms with E-state index in [4.69, 9.17) is 14.4 Å². The van der Waals surface area contributed by atoms with Gasteiger partial charge in [-0.3, -0.25) is 14.1 Å². The van der Waals surface area contributed by atoms with Crippen molar-refractivity contribution in [2.45, 2.75) is 13.0 Å². The minimum atomic E-state index is -4.61. The van der Waals surface area contributed by atoms with Gasteiger partial charge in [0.05, 0.1) is 13.0 Å². The lowest BCUT2D eigenvalue weighted by molar-refractivity contribution is -0.141. The van der Waals surface area contributed by atoms with Crippen molar-refractivity contribution in [3.05, 3.63) is 29.8 Å². The molecule has 0 fully saturated rings. The molecule has 0 saturated carbocycles. The number of ether oxygens (including phenoxy) is 1. The fourth-order valence-corrected chi connectivity index (χ4v) is 2.45. The number of amides is 1. The standard InChI is InChI=1S/C14H17NO8S/c1-8(12(16)9-3-5-10(23-2)6-4-9)13(17)15-11(14(18)19)7-24(20,21)22/h3-6,8,11H,7H2,1-2H3,(H,15,17)(H,18,19)(H,20,21,22). The van der Waals surface area contributed by atoms with Crippen LogP contribution >= 0.6 is 0 Å². The largest absolute Gasteiger partial charge is 0.497 e. The third-order valence-corrected chi connectivity index (χ3v) is 3.91. The molecule has 24 heavy (non-hydrogen) atoms. The second kappa shape index (κ2) is 7.88. The van der Waals surface area contributed by atoms with Gasteiger partial charge in [-0.15, -0.1) is 0 Å². The van der Waals surface area contributed by atoms with Crippen LogP contribution in [0.5, 0.6) is 5.75 Å². The minimum Gasteiger partial charge on any atom is -0.497 e. The highest BCUT2D eigenvalue weighted by molar-refractivity contribution is 7.85. The van der Waals surface area contributed by atoms with Crippen LogP contribution in [-0.2, 0) is 19.7 Å². The predicted octanol–water partition coefficient (Wildman–Crippen LogP) is -0.0288. The molecule has 2 atom stereocenters. The highest BCUT2D eigenvalue weighted by Crippen LogP contribution is 2.15. The molecule has 0 saturated heterocycles. The van der Waals surface area contributed by atoms with E-state index >= 15 is 0 Å². The summed E-state index contributed by atoms with van der Waals surface area (Å²) in [6, 6.07) is 4.07. The van der Waals surface area contributed by atoms with Crippen LogP contribution in [0.15, 0.2) is 24.3 Å². The monoisotopic (exact) mass is 359 g/mol. The number of benzene rings is 1. The van der Waals surface area contributed by atoms with Crippen molar-refractivity contribution in [2.24, 2.45) is 5.92 Å². The van der Waals surface area contributed by atoms with Crippen LogP contribution in [0.3, 0.4) is 0 Å². The molecule has 1 rings (SSSR count). The van der Waals surface area contributed by atoms with Gasteiger partial charge in [-0.1, -0.05) is 0 Å². The second-order valence-electron chi connectivity index (χ2n) is 4.96. The number of carbonyl (C=O) groups excluding carboxylic acids is 2. The molecule has 0 heterocycles. The Morgan fingerprint density at radius 2 is 1.75 bits per heavy atom. The number of ketones is 1. The van der Waals surface area contributed by atoms with E-state index in [2.05, 4.69) is 0 Å². The van der Waals surface area contributed by atoms with E-state index in [1.165, 1.54) is 38.3 Å². The quantitative estimate of drug-likeness (QED) is 0.333. The molecule has 2 unspecified atom stereocenters. The second-order valence-corrected chi connectivity index (χ2v) is 6.46. The molecule has 1 aromatic rings. The summed E-state index contributed by atoms with van der Waals surface area (Å²) in [5.41, 5.74) is 0.208. The van der Waals surface area contributed by atoms with E-state index in [0.717, 1.165) is 0 Å². The van der Waals surface area contributed by atoms with Crippen LogP contribution in [0.2, 0.25) is 0 Å². The first-order valence-electron chi connectivity index (χ1n) is 6.71. The van der Waals surface area contributed by atoms with Crippen molar-refractivity contribution >= 4 is 27.8 Å². The number of methoxy groups -OCH3 is 1. The molecular weight excluding hydrogens is 342 g/mol. The third-order valence-electron chi connectivity index (χ3n) is 3.15. The molecule has 0 aliphatic heterocycles. The van der Waals surface area contributed by atoms with Gasteiger partial charge in [0.25, 0.3) is 10.1 Å². The zero-order valence-electron chi connectivity index (χ0n) is 12.9. The van der Waals surface area contributed by atoms with E-state index < -0.39 is 45.5 Å². The maximum Gasteiger partial charge on any atom is 0.327 e. The molecule has 0 aromatic heterocycles. The first-order valence-corrected chi connectivity index (χ1v) is 8.32. The summed E-state index contributed by atoms with van der Waals surface area (Å²) in [5, 5.41) is 10.8. The zero-order valence-corrected chi connectivity index (χ0v) is 13.7. The van der Waals surface area contributed by atoms with Gasteiger partial charge in [0, 0.05) is 5.56 Å². The van der Waals surface area contributed by atoms with Crippen molar-refractivity contribution in [2.75, 3.05) is 12.9 Å². The summed E-state index contributed by atoms with van der Waals surface area (Å²) in [6.07, 6.45) is 0. The van der Waals surface area contributed by atoms with E-state index in [1.807, 2.05) is 5.32 Å². The van der Waals surface area contributed by atoms with Gasteiger partial charge >= 0.3 is 5.97 Å². The van der Waals surface area contributed by atoms with Crippen LogP contribution < -0.4 is 10.1 Å². The van der Waals surface area contributed by atoms with Crippen LogP contribution in [-0.4, -0.2) is 54.6 Å². The third kappa shape index (κ3) is 5.63. The Morgan fingerprint density at radius 1 is 1.21 bits per heavy atom.